The van der Waals surface area contributed by atoms with Crippen molar-refractivity contribution in [2.24, 2.45) is 11.3 Å². The van der Waals surface area contributed by atoms with E-state index in [1.54, 1.807) is 6.92 Å². The molecule has 2 saturated carbocycles. The minimum absolute atomic E-state index is 0. The summed E-state index contributed by atoms with van der Waals surface area (Å²) in [5, 5.41) is 10.8. The second-order valence-corrected chi connectivity index (χ2v) is 7.28. The van der Waals surface area contributed by atoms with E-state index in [1.807, 2.05) is 0 Å². The highest BCUT2D eigenvalue weighted by atomic mass is 35.5. The maximum atomic E-state index is 12.8. The average molecular weight is 341 g/mol. The number of amides is 1. The van der Waals surface area contributed by atoms with Gasteiger partial charge in [-0.25, -0.2) is 0 Å². The van der Waals surface area contributed by atoms with E-state index in [2.05, 4.69) is 20.8 Å². The fourth-order valence-corrected chi connectivity index (χ4v) is 4.40. The van der Waals surface area contributed by atoms with Gasteiger partial charge in [0, 0.05) is 12.8 Å². The summed E-state index contributed by atoms with van der Waals surface area (Å²) in [7, 11) is 0. The first kappa shape index (κ1) is 16.7. The largest absolute Gasteiger partial charge is 0.343 e. The normalized spacial score (nSPS) is 27.4. The SMILES string of the molecule is Cc1nc(C2(NC(=O)C3CC34CCNCC4)CCCC2)no1.Cl. The number of carbonyl (C=O) groups excluding carboxylic acids is 1. The number of rotatable bonds is 3. The number of carbonyl (C=O) groups is 1. The number of hydrogen-bond donors (Lipinski definition) is 2. The van der Waals surface area contributed by atoms with Crippen LogP contribution in [0.25, 0.3) is 0 Å². The molecule has 1 amide bonds. The number of nitrogens with zero attached hydrogens (tertiary/aromatic N) is 2. The first-order valence-electron chi connectivity index (χ1n) is 8.47. The zero-order valence-corrected chi connectivity index (χ0v) is 14.4. The monoisotopic (exact) mass is 340 g/mol. The second kappa shape index (κ2) is 6.06. The molecule has 7 heteroatoms. The van der Waals surface area contributed by atoms with E-state index >= 15 is 0 Å². The molecule has 1 unspecified atom stereocenters. The van der Waals surface area contributed by atoms with E-state index in [9.17, 15) is 4.79 Å². The van der Waals surface area contributed by atoms with Crippen LogP contribution in [-0.4, -0.2) is 29.1 Å². The molecule has 2 aliphatic carbocycles. The zero-order chi connectivity index (χ0) is 15.2. The predicted molar refractivity (Wildman–Crippen MR) is 87.2 cm³/mol. The Morgan fingerprint density at radius 1 is 1.26 bits per heavy atom. The Morgan fingerprint density at radius 3 is 2.57 bits per heavy atom. The van der Waals surface area contributed by atoms with E-state index in [-0.39, 0.29) is 29.6 Å². The van der Waals surface area contributed by atoms with Crippen molar-refractivity contribution in [3.63, 3.8) is 0 Å². The highest BCUT2D eigenvalue weighted by Crippen LogP contribution is 2.59. The second-order valence-electron chi connectivity index (χ2n) is 7.28. The number of nitrogens with one attached hydrogen (secondary N) is 2. The van der Waals surface area contributed by atoms with Crippen molar-refractivity contribution in [2.45, 2.75) is 57.4 Å². The van der Waals surface area contributed by atoms with Crippen molar-refractivity contribution >= 4 is 18.3 Å². The topological polar surface area (TPSA) is 80.0 Å². The molecule has 6 nitrogen and oxygen atoms in total. The summed E-state index contributed by atoms with van der Waals surface area (Å²) in [5.74, 6) is 1.61. The quantitative estimate of drug-likeness (QED) is 0.880. The molecule has 1 aliphatic heterocycles. The van der Waals surface area contributed by atoms with Crippen molar-refractivity contribution in [1.82, 2.24) is 20.8 Å². The van der Waals surface area contributed by atoms with Crippen LogP contribution in [0.3, 0.4) is 0 Å². The van der Waals surface area contributed by atoms with Gasteiger partial charge in [-0.05, 0) is 50.6 Å². The molecule has 1 atom stereocenters. The fourth-order valence-electron chi connectivity index (χ4n) is 4.40. The molecule has 1 saturated heterocycles. The molecular weight excluding hydrogens is 316 g/mol. The first-order valence-corrected chi connectivity index (χ1v) is 8.47. The smallest absolute Gasteiger partial charge is 0.224 e. The van der Waals surface area contributed by atoms with Crippen LogP contribution in [0.2, 0.25) is 0 Å². The van der Waals surface area contributed by atoms with Crippen molar-refractivity contribution in [2.75, 3.05) is 13.1 Å². The van der Waals surface area contributed by atoms with Gasteiger partial charge >= 0.3 is 0 Å². The number of piperidine rings is 1. The molecule has 0 bridgehead atoms. The van der Waals surface area contributed by atoms with Crippen LogP contribution in [0.15, 0.2) is 4.52 Å². The van der Waals surface area contributed by atoms with Gasteiger partial charge < -0.3 is 15.2 Å². The highest BCUT2D eigenvalue weighted by Gasteiger charge is 2.58. The Kier molecular flexibility index (Phi) is 4.40. The molecule has 23 heavy (non-hydrogen) atoms. The molecule has 0 aromatic carbocycles. The summed E-state index contributed by atoms with van der Waals surface area (Å²) in [5.41, 5.74) is -0.131. The number of hydrogen-bond acceptors (Lipinski definition) is 5. The predicted octanol–water partition coefficient (Wildman–Crippen LogP) is 2.08. The standard InChI is InChI=1S/C16H24N4O2.ClH/c1-11-18-14(20-22-11)16(4-2-3-5-16)19-13(21)12-10-15(12)6-8-17-9-7-15;/h12,17H,2-10H2,1H3,(H,19,21);1H. The Hall–Kier alpha value is -1.14. The molecule has 1 aromatic heterocycles. The minimum Gasteiger partial charge on any atom is -0.343 e. The number of halogens is 1. The molecule has 0 radical (unpaired) electrons. The lowest BCUT2D eigenvalue weighted by Crippen LogP contribution is -2.46. The lowest BCUT2D eigenvalue weighted by Gasteiger charge is -2.28. The van der Waals surface area contributed by atoms with E-state index < -0.39 is 5.54 Å². The molecule has 3 fully saturated rings. The molecule has 4 rings (SSSR count). The third-order valence-electron chi connectivity index (χ3n) is 5.88. The third-order valence-corrected chi connectivity index (χ3v) is 5.88. The van der Waals surface area contributed by atoms with E-state index in [4.69, 9.17) is 4.52 Å². The van der Waals surface area contributed by atoms with Crippen LogP contribution in [0, 0.1) is 18.3 Å². The van der Waals surface area contributed by atoms with Gasteiger partial charge in [0.2, 0.25) is 11.8 Å². The molecule has 2 N–H and O–H groups in total. The molecule has 1 aromatic rings. The maximum absolute atomic E-state index is 12.8. The maximum Gasteiger partial charge on any atom is 0.224 e. The molecular formula is C16H25ClN4O2. The number of aromatic nitrogens is 2. The van der Waals surface area contributed by atoms with Gasteiger partial charge in [0.25, 0.3) is 0 Å². The van der Waals surface area contributed by atoms with Crippen LogP contribution in [0.1, 0.15) is 56.7 Å². The summed E-state index contributed by atoms with van der Waals surface area (Å²) in [6, 6.07) is 0. The van der Waals surface area contributed by atoms with E-state index in [0.29, 0.717) is 11.7 Å². The van der Waals surface area contributed by atoms with Gasteiger partial charge in [-0.1, -0.05) is 18.0 Å². The van der Waals surface area contributed by atoms with Gasteiger partial charge in [0.1, 0.15) is 5.54 Å². The Bertz CT molecular complexity index is 576. The summed E-state index contributed by atoms with van der Waals surface area (Å²) in [6.45, 7) is 3.88. The Morgan fingerprint density at radius 2 is 1.96 bits per heavy atom. The van der Waals surface area contributed by atoms with Crippen molar-refractivity contribution < 1.29 is 9.32 Å². The Labute approximate surface area is 142 Å². The van der Waals surface area contributed by atoms with E-state index in [0.717, 1.165) is 58.0 Å². The third kappa shape index (κ3) is 2.87. The fraction of sp³-hybridized carbons (Fsp3) is 0.812. The summed E-state index contributed by atoms with van der Waals surface area (Å²) >= 11 is 0. The molecule has 3 aliphatic rings. The first-order chi connectivity index (χ1) is 10.6. The van der Waals surface area contributed by atoms with Gasteiger partial charge in [0.15, 0.2) is 5.82 Å². The van der Waals surface area contributed by atoms with Crippen LogP contribution >= 0.6 is 12.4 Å². The highest BCUT2D eigenvalue weighted by molar-refractivity contribution is 5.85. The minimum atomic E-state index is -0.397. The summed E-state index contributed by atoms with van der Waals surface area (Å²) in [4.78, 5) is 17.2. The Balaban J connectivity index is 0.00000156. The summed E-state index contributed by atoms with van der Waals surface area (Å²) in [6.07, 6.45) is 7.33. The van der Waals surface area contributed by atoms with Gasteiger partial charge in [-0.2, -0.15) is 4.98 Å². The molecule has 1 spiro atoms. The van der Waals surface area contributed by atoms with Crippen molar-refractivity contribution in [3.8, 4) is 0 Å². The van der Waals surface area contributed by atoms with Crippen LogP contribution in [0.4, 0.5) is 0 Å². The van der Waals surface area contributed by atoms with Crippen LogP contribution in [0.5, 0.6) is 0 Å². The average Bonchev–Trinajstić information content (AvgIpc) is 2.89. The summed E-state index contributed by atoms with van der Waals surface area (Å²) < 4.78 is 5.15. The van der Waals surface area contributed by atoms with Crippen molar-refractivity contribution in [3.05, 3.63) is 11.7 Å². The van der Waals surface area contributed by atoms with Gasteiger partial charge in [-0.15, -0.1) is 12.4 Å². The number of aryl methyl sites for hydroxylation is 1. The van der Waals surface area contributed by atoms with Crippen LogP contribution < -0.4 is 10.6 Å². The molecule has 128 valence electrons. The van der Waals surface area contributed by atoms with Crippen LogP contribution in [-0.2, 0) is 10.3 Å². The molecule has 2 heterocycles. The van der Waals surface area contributed by atoms with Gasteiger partial charge in [-0.3, -0.25) is 4.79 Å². The van der Waals surface area contributed by atoms with Crippen molar-refractivity contribution in [1.29, 1.82) is 0 Å². The zero-order valence-electron chi connectivity index (χ0n) is 13.6. The van der Waals surface area contributed by atoms with Gasteiger partial charge in [0.05, 0.1) is 0 Å². The lowest BCUT2D eigenvalue weighted by atomic mass is 9.90. The lowest BCUT2D eigenvalue weighted by molar-refractivity contribution is -0.125. The van der Waals surface area contributed by atoms with E-state index in [1.165, 1.54) is 0 Å².